The minimum Gasteiger partial charge on any atom is -0.480 e. The van der Waals surface area contributed by atoms with E-state index >= 15 is 0 Å². The Labute approximate surface area is 90.5 Å². The molecule has 15 heavy (non-hydrogen) atoms. The Hall–Kier alpha value is -0.660. The molecule has 0 saturated heterocycles. The lowest BCUT2D eigenvalue weighted by molar-refractivity contribution is -0.141. The first-order valence-electron chi connectivity index (χ1n) is 4.41. The second-order valence-corrected chi connectivity index (χ2v) is 6.46. The highest BCUT2D eigenvalue weighted by atomic mass is 32.2. The molecule has 7 heteroatoms. The highest BCUT2D eigenvalue weighted by Crippen LogP contribution is 2.20. The molecule has 0 saturated carbocycles. The largest absolute Gasteiger partial charge is 0.480 e. The number of nitrogens with one attached hydrogen (secondary N) is 1. The van der Waals surface area contributed by atoms with Gasteiger partial charge in [0.1, 0.15) is 6.04 Å². The second-order valence-electron chi connectivity index (χ2n) is 4.54. The summed E-state index contributed by atoms with van der Waals surface area (Å²) in [4.78, 5) is 10.9. The van der Waals surface area contributed by atoms with Gasteiger partial charge in [0, 0.05) is 14.1 Å². The molecule has 1 atom stereocenters. The van der Waals surface area contributed by atoms with Crippen molar-refractivity contribution in [2.24, 2.45) is 5.41 Å². The van der Waals surface area contributed by atoms with E-state index in [-0.39, 0.29) is 0 Å². The normalized spacial score (nSPS) is 15.3. The molecule has 0 aliphatic heterocycles. The summed E-state index contributed by atoms with van der Waals surface area (Å²) in [7, 11) is -1.05. The summed E-state index contributed by atoms with van der Waals surface area (Å²) in [6, 6.07) is -1.15. The highest BCUT2D eigenvalue weighted by molar-refractivity contribution is 7.87. The van der Waals surface area contributed by atoms with E-state index in [0.717, 1.165) is 4.31 Å². The van der Waals surface area contributed by atoms with Gasteiger partial charge in [0.15, 0.2) is 0 Å². The molecule has 0 aromatic heterocycles. The second kappa shape index (κ2) is 4.46. The molecule has 6 nitrogen and oxygen atoms in total. The monoisotopic (exact) mass is 238 g/mol. The summed E-state index contributed by atoms with van der Waals surface area (Å²) >= 11 is 0. The van der Waals surface area contributed by atoms with Gasteiger partial charge < -0.3 is 5.11 Å². The van der Waals surface area contributed by atoms with E-state index in [4.69, 9.17) is 5.11 Å². The van der Waals surface area contributed by atoms with Crippen molar-refractivity contribution in [2.45, 2.75) is 26.8 Å². The molecule has 0 radical (unpaired) electrons. The van der Waals surface area contributed by atoms with Crippen LogP contribution in [0.15, 0.2) is 0 Å². The maximum atomic E-state index is 11.4. The van der Waals surface area contributed by atoms with Crippen LogP contribution in [-0.4, -0.2) is 43.9 Å². The van der Waals surface area contributed by atoms with Crippen molar-refractivity contribution < 1.29 is 18.3 Å². The zero-order chi connectivity index (χ0) is 12.4. The number of carboxylic acid groups (broad SMARTS) is 1. The van der Waals surface area contributed by atoms with Gasteiger partial charge in [0.2, 0.25) is 0 Å². The standard InChI is InChI=1S/C8H18N2O4S/c1-8(2,3)6(7(11)12)9-15(13,14)10(4)5/h6,9H,1-5H3,(H,11,12)/t6-/m1/s1. The number of nitrogens with zero attached hydrogens (tertiary/aromatic N) is 1. The molecule has 2 N–H and O–H groups in total. The predicted molar refractivity (Wildman–Crippen MR) is 56.6 cm³/mol. The molecule has 0 aliphatic rings. The van der Waals surface area contributed by atoms with Gasteiger partial charge in [-0.05, 0) is 5.41 Å². The minimum atomic E-state index is -3.72. The van der Waals surface area contributed by atoms with Crippen molar-refractivity contribution in [2.75, 3.05) is 14.1 Å². The Balaban J connectivity index is 4.97. The van der Waals surface area contributed by atoms with Gasteiger partial charge in [0.25, 0.3) is 10.2 Å². The van der Waals surface area contributed by atoms with Gasteiger partial charge in [-0.25, -0.2) is 0 Å². The lowest BCUT2D eigenvalue weighted by Crippen LogP contribution is -2.52. The van der Waals surface area contributed by atoms with Crippen molar-refractivity contribution in [1.29, 1.82) is 0 Å². The van der Waals surface area contributed by atoms with E-state index in [1.165, 1.54) is 14.1 Å². The third-order valence-corrected chi connectivity index (χ3v) is 3.36. The maximum Gasteiger partial charge on any atom is 0.322 e. The molecule has 0 spiro atoms. The summed E-state index contributed by atoms with van der Waals surface area (Å²) in [5, 5.41) is 8.91. The predicted octanol–water partition coefficient (Wildman–Crippen LogP) is -0.118. The summed E-state index contributed by atoms with van der Waals surface area (Å²) in [6.07, 6.45) is 0. The van der Waals surface area contributed by atoms with Crippen LogP contribution in [0.5, 0.6) is 0 Å². The van der Waals surface area contributed by atoms with E-state index in [9.17, 15) is 13.2 Å². The van der Waals surface area contributed by atoms with Crippen LogP contribution in [0.4, 0.5) is 0 Å². The van der Waals surface area contributed by atoms with E-state index in [0.29, 0.717) is 0 Å². The SMILES string of the molecule is CN(C)S(=O)(=O)N[C@H](C(=O)O)C(C)(C)C. The fourth-order valence-corrected chi connectivity index (χ4v) is 1.81. The molecular weight excluding hydrogens is 220 g/mol. The third kappa shape index (κ3) is 4.15. The number of carbonyl (C=O) groups is 1. The van der Waals surface area contributed by atoms with Gasteiger partial charge in [-0.1, -0.05) is 20.8 Å². The number of hydrogen-bond acceptors (Lipinski definition) is 3. The van der Waals surface area contributed by atoms with Crippen molar-refractivity contribution in [3.05, 3.63) is 0 Å². The average molecular weight is 238 g/mol. The maximum absolute atomic E-state index is 11.4. The highest BCUT2D eigenvalue weighted by Gasteiger charge is 2.35. The van der Waals surface area contributed by atoms with Crippen molar-refractivity contribution in [3.63, 3.8) is 0 Å². The lowest BCUT2D eigenvalue weighted by Gasteiger charge is -2.28. The summed E-state index contributed by atoms with van der Waals surface area (Å²) in [5.41, 5.74) is -0.686. The fraction of sp³-hybridized carbons (Fsp3) is 0.875. The smallest absolute Gasteiger partial charge is 0.322 e. The van der Waals surface area contributed by atoms with E-state index in [2.05, 4.69) is 4.72 Å². The molecule has 0 unspecified atom stereocenters. The summed E-state index contributed by atoms with van der Waals surface area (Å²) in [6.45, 7) is 4.97. The Bertz CT molecular complexity index is 329. The zero-order valence-electron chi connectivity index (χ0n) is 9.60. The Kier molecular flexibility index (Phi) is 4.26. The van der Waals surface area contributed by atoms with Gasteiger partial charge in [-0.3, -0.25) is 4.79 Å². The van der Waals surface area contributed by atoms with Crippen LogP contribution in [0.3, 0.4) is 0 Å². The van der Waals surface area contributed by atoms with Crippen LogP contribution in [-0.2, 0) is 15.0 Å². The number of aliphatic carboxylic acids is 1. The van der Waals surface area contributed by atoms with E-state index < -0.39 is 27.6 Å². The molecule has 0 amide bonds. The van der Waals surface area contributed by atoms with Crippen molar-refractivity contribution >= 4 is 16.2 Å². The topological polar surface area (TPSA) is 86.7 Å². The minimum absolute atomic E-state index is 0.686. The Morgan fingerprint density at radius 1 is 1.33 bits per heavy atom. The molecule has 0 rings (SSSR count). The molecular formula is C8H18N2O4S. The lowest BCUT2D eigenvalue weighted by atomic mass is 9.88. The molecule has 90 valence electrons. The molecule has 0 aromatic rings. The first-order valence-corrected chi connectivity index (χ1v) is 5.85. The number of rotatable bonds is 4. The number of hydrogen-bond donors (Lipinski definition) is 2. The first-order chi connectivity index (χ1) is 6.48. The van der Waals surface area contributed by atoms with Crippen LogP contribution in [0.2, 0.25) is 0 Å². The molecule has 0 aromatic carbocycles. The van der Waals surface area contributed by atoms with Crippen LogP contribution >= 0.6 is 0 Å². The fourth-order valence-electron chi connectivity index (χ4n) is 0.852. The number of carboxylic acids is 1. The van der Waals surface area contributed by atoms with Gasteiger partial charge >= 0.3 is 5.97 Å². The van der Waals surface area contributed by atoms with Crippen LogP contribution in [0.25, 0.3) is 0 Å². The third-order valence-electron chi connectivity index (χ3n) is 1.86. The molecule has 0 bridgehead atoms. The Morgan fingerprint density at radius 3 is 1.93 bits per heavy atom. The Morgan fingerprint density at radius 2 is 1.73 bits per heavy atom. The van der Waals surface area contributed by atoms with Crippen LogP contribution in [0, 0.1) is 5.41 Å². The quantitative estimate of drug-likeness (QED) is 0.715. The van der Waals surface area contributed by atoms with Crippen LogP contribution < -0.4 is 4.72 Å². The van der Waals surface area contributed by atoms with Gasteiger partial charge in [-0.2, -0.15) is 17.4 Å². The van der Waals surface area contributed by atoms with E-state index in [1.54, 1.807) is 20.8 Å². The van der Waals surface area contributed by atoms with Gasteiger partial charge in [0.05, 0.1) is 0 Å². The molecule has 0 heterocycles. The van der Waals surface area contributed by atoms with Crippen molar-refractivity contribution in [3.8, 4) is 0 Å². The molecule has 0 aliphatic carbocycles. The van der Waals surface area contributed by atoms with Crippen LogP contribution in [0.1, 0.15) is 20.8 Å². The zero-order valence-corrected chi connectivity index (χ0v) is 10.4. The van der Waals surface area contributed by atoms with Crippen molar-refractivity contribution in [1.82, 2.24) is 9.03 Å². The summed E-state index contributed by atoms with van der Waals surface area (Å²) < 4.78 is 26.0. The molecule has 0 fully saturated rings. The van der Waals surface area contributed by atoms with E-state index in [1.807, 2.05) is 0 Å². The first kappa shape index (κ1) is 14.3. The van der Waals surface area contributed by atoms with Gasteiger partial charge in [-0.15, -0.1) is 0 Å². The average Bonchev–Trinajstić information content (AvgIpc) is 1.97. The summed E-state index contributed by atoms with van der Waals surface area (Å²) in [5.74, 6) is -1.19.